The van der Waals surface area contributed by atoms with Gasteiger partial charge in [0.15, 0.2) is 11.5 Å². The van der Waals surface area contributed by atoms with Gasteiger partial charge in [-0.3, -0.25) is 14.4 Å². The van der Waals surface area contributed by atoms with Crippen LogP contribution in [0.4, 0.5) is 0 Å². The highest BCUT2D eigenvalue weighted by Gasteiger charge is 2.17. The minimum absolute atomic E-state index is 0.101. The van der Waals surface area contributed by atoms with Gasteiger partial charge in [-0.2, -0.15) is 0 Å². The number of aromatic nitrogens is 2. The van der Waals surface area contributed by atoms with Gasteiger partial charge in [-0.25, -0.2) is 4.98 Å². The van der Waals surface area contributed by atoms with Crippen LogP contribution in [0.3, 0.4) is 0 Å². The summed E-state index contributed by atoms with van der Waals surface area (Å²) in [5.41, 5.74) is 0.0892. The van der Waals surface area contributed by atoms with Crippen molar-refractivity contribution in [2.45, 2.75) is 13.5 Å². The molecule has 0 fully saturated rings. The lowest BCUT2D eigenvalue weighted by molar-refractivity contribution is -0.130. The first-order chi connectivity index (χ1) is 14.5. The lowest BCUT2D eigenvalue weighted by atomic mass is 10.2. The molecular weight excluding hydrogens is 408 g/mol. The van der Waals surface area contributed by atoms with Gasteiger partial charge in [-0.1, -0.05) is 6.07 Å². The number of aromatic amines is 1. The van der Waals surface area contributed by atoms with E-state index in [2.05, 4.69) is 15.3 Å². The second-order valence-electron chi connectivity index (χ2n) is 6.30. The van der Waals surface area contributed by atoms with Crippen molar-refractivity contribution < 1.29 is 19.1 Å². The standard InChI is InChI=1S/C20H22N4O5S/c1-4-24(18(25)10-21-20(27)16-6-5-7-30-16)11-17-22-13-9-15(29-3)14(28-2)8-12(13)19(26)23-17/h5-9H,4,10-11H2,1-3H3,(H,21,27)(H,22,23,26). The van der Waals surface area contributed by atoms with E-state index in [1.165, 1.54) is 30.5 Å². The third kappa shape index (κ3) is 4.60. The summed E-state index contributed by atoms with van der Waals surface area (Å²) in [5, 5.41) is 4.76. The van der Waals surface area contributed by atoms with Gasteiger partial charge in [-0.05, 0) is 24.4 Å². The predicted octanol–water partition coefficient (Wildman–Crippen LogP) is 1.78. The number of nitrogens with one attached hydrogen (secondary N) is 2. The lowest BCUT2D eigenvalue weighted by Gasteiger charge is -2.20. The van der Waals surface area contributed by atoms with Gasteiger partial charge in [0.1, 0.15) is 5.82 Å². The van der Waals surface area contributed by atoms with E-state index in [4.69, 9.17) is 9.47 Å². The number of thiophene rings is 1. The Bertz CT molecular complexity index is 1110. The van der Waals surface area contributed by atoms with Crippen LogP contribution in [-0.2, 0) is 11.3 Å². The summed E-state index contributed by atoms with van der Waals surface area (Å²) in [6, 6.07) is 6.64. The normalized spacial score (nSPS) is 10.6. The number of carbonyl (C=O) groups is 2. The summed E-state index contributed by atoms with van der Waals surface area (Å²) in [7, 11) is 2.99. The Hall–Kier alpha value is -3.40. The van der Waals surface area contributed by atoms with Crippen molar-refractivity contribution in [2.75, 3.05) is 27.3 Å². The van der Waals surface area contributed by atoms with E-state index >= 15 is 0 Å². The molecule has 10 heteroatoms. The number of fused-ring (bicyclic) bond motifs is 1. The van der Waals surface area contributed by atoms with Crippen LogP contribution in [0.1, 0.15) is 22.4 Å². The zero-order valence-corrected chi connectivity index (χ0v) is 17.7. The first-order valence-corrected chi connectivity index (χ1v) is 10.1. The van der Waals surface area contributed by atoms with E-state index in [1.54, 1.807) is 29.6 Å². The van der Waals surface area contributed by atoms with Crippen molar-refractivity contribution in [2.24, 2.45) is 0 Å². The number of amides is 2. The molecular formula is C20H22N4O5S. The van der Waals surface area contributed by atoms with E-state index in [-0.39, 0.29) is 30.5 Å². The Labute approximate surface area is 176 Å². The van der Waals surface area contributed by atoms with Gasteiger partial charge in [0.25, 0.3) is 11.5 Å². The first-order valence-electron chi connectivity index (χ1n) is 9.21. The molecule has 2 N–H and O–H groups in total. The number of benzene rings is 1. The Balaban J connectivity index is 1.76. The van der Waals surface area contributed by atoms with Crippen LogP contribution in [0.25, 0.3) is 10.9 Å². The number of hydrogen-bond donors (Lipinski definition) is 2. The van der Waals surface area contributed by atoms with Crippen molar-refractivity contribution >= 4 is 34.1 Å². The fraction of sp³-hybridized carbons (Fsp3) is 0.300. The summed E-state index contributed by atoms with van der Waals surface area (Å²) in [6.07, 6.45) is 0. The summed E-state index contributed by atoms with van der Waals surface area (Å²) >= 11 is 1.30. The molecule has 0 unspecified atom stereocenters. The Morgan fingerprint density at radius 2 is 1.97 bits per heavy atom. The van der Waals surface area contributed by atoms with E-state index < -0.39 is 0 Å². The van der Waals surface area contributed by atoms with E-state index in [0.717, 1.165) is 0 Å². The van der Waals surface area contributed by atoms with Gasteiger partial charge in [0.05, 0.1) is 43.1 Å². The molecule has 1 aromatic carbocycles. The maximum atomic E-state index is 12.5. The van der Waals surface area contributed by atoms with Crippen molar-refractivity contribution in [1.82, 2.24) is 20.2 Å². The number of hydrogen-bond acceptors (Lipinski definition) is 7. The smallest absolute Gasteiger partial charge is 0.261 e. The topological polar surface area (TPSA) is 114 Å². The third-order valence-corrected chi connectivity index (χ3v) is 5.35. The fourth-order valence-electron chi connectivity index (χ4n) is 2.91. The quantitative estimate of drug-likeness (QED) is 0.563. The molecule has 3 aromatic rings. The maximum Gasteiger partial charge on any atom is 0.261 e. The zero-order chi connectivity index (χ0) is 21.7. The summed E-state index contributed by atoms with van der Waals surface area (Å²) in [6.45, 7) is 2.16. The number of rotatable bonds is 8. The second kappa shape index (κ2) is 9.40. The monoisotopic (exact) mass is 430 g/mol. The van der Waals surface area contributed by atoms with Crippen LogP contribution in [0, 0.1) is 0 Å². The number of nitrogens with zero attached hydrogens (tertiary/aromatic N) is 2. The fourth-order valence-corrected chi connectivity index (χ4v) is 3.55. The van der Waals surface area contributed by atoms with Crippen LogP contribution in [0.15, 0.2) is 34.4 Å². The van der Waals surface area contributed by atoms with Crippen LogP contribution in [0.2, 0.25) is 0 Å². The molecule has 3 rings (SSSR count). The molecule has 0 aliphatic carbocycles. The van der Waals surface area contributed by atoms with Crippen molar-refractivity contribution in [3.8, 4) is 11.5 Å². The molecule has 0 saturated heterocycles. The Morgan fingerprint density at radius 3 is 2.60 bits per heavy atom. The Morgan fingerprint density at radius 1 is 1.23 bits per heavy atom. The van der Waals surface area contributed by atoms with Crippen molar-refractivity contribution in [3.05, 3.63) is 50.7 Å². The van der Waals surface area contributed by atoms with Crippen LogP contribution in [0.5, 0.6) is 11.5 Å². The van der Waals surface area contributed by atoms with Crippen LogP contribution >= 0.6 is 11.3 Å². The highest BCUT2D eigenvalue weighted by Crippen LogP contribution is 2.29. The van der Waals surface area contributed by atoms with E-state index in [0.29, 0.717) is 39.6 Å². The number of H-pyrrole nitrogens is 1. The molecule has 0 saturated carbocycles. The first kappa shape index (κ1) is 21.3. The maximum absolute atomic E-state index is 12.5. The summed E-state index contributed by atoms with van der Waals surface area (Å²) in [4.78, 5) is 46.3. The molecule has 0 radical (unpaired) electrons. The van der Waals surface area contributed by atoms with Crippen LogP contribution < -0.4 is 20.3 Å². The Kier molecular flexibility index (Phi) is 6.68. The summed E-state index contributed by atoms with van der Waals surface area (Å²) in [5.74, 6) is 0.635. The number of likely N-dealkylation sites (N-methyl/N-ethyl adjacent to an activating group) is 1. The van der Waals surface area contributed by atoms with Gasteiger partial charge >= 0.3 is 0 Å². The molecule has 158 valence electrons. The molecule has 0 aliphatic heterocycles. The molecule has 0 aliphatic rings. The lowest BCUT2D eigenvalue weighted by Crippen LogP contribution is -2.40. The molecule has 2 aromatic heterocycles. The summed E-state index contributed by atoms with van der Waals surface area (Å²) < 4.78 is 10.5. The third-order valence-electron chi connectivity index (χ3n) is 4.48. The van der Waals surface area contributed by atoms with Gasteiger partial charge < -0.3 is 24.7 Å². The average Bonchev–Trinajstić information content (AvgIpc) is 3.29. The molecule has 0 bridgehead atoms. The molecule has 2 heterocycles. The molecule has 30 heavy (non-hydrogen) atoms. The van der Waals surface area contributed by atoms with Gasteiger partial charge in [0.2, 0.25) is 5.91 Å². The molecule has 2 amide bonds. The SMILES string of the molecule is CCN(Cc1nc2cc(OC)c(OC)cc2c(=O)[nH]1)C(=O)CNC(=O)c1cccs1. The molecule has 0 atom stereocenters. The minimum Gasteiger partial charge on any atom is -0.493 e. The number of ether oxygens (including phenoxy) is 2. The van der Waals surface area contributed by atoms with Crippen molar-refractivity contribution in [1.29, 1.82) is 0 Å². The largest absolute Gasteiger partial charge is 0.493 e. The number of carbonyl (C=O) groups excluding carboxylic acids is 2. The minimum atomic E-state index is -0.342. The van der Waals surface area contributed by atoms with Gasteiger partial charge in [-0.15, -0.1) is 11.3 Å². The average molecular weight is 430 g/mol. The highest BCUT2D eigenvalue weighted by molar-refractivity contribution is 7.12. The van der Waals surface area contributed by atoms with Crippen molar-refractivity contribution in [3.63, 3.8) is 0 Å². The van der Waals surface area contributed by atoms with Gasteiger partial charge in [0, 0.05) is 12.6 Å². The zero-order valence-electron chi connectivity index (χ0n) is 16.9. The van der Waals surface area contributed by atoms with E-state index in [9.17, 15) is 14.4 Å². The second-order valence-corrected chi connectivity index (χ2v) is 7.25. The van der Waals surface area contributed by atoms with Crippen LogP contribution in [-0.4, -0.2) is 54.0 Å². The number of methoxy groups -OCH3 is 2. The predicted molar refractivity (Wildman–Crippen MR) is 113 cm³/mol. The highest BCUT2D eigenvalue weighted by atomic mass is 32.1. The molecule has 0 spiro atoms. The van der Waals surface area contributed by atoms with E-state index in [1.807, 2.05) is 6.92 Å². The molecule has 9 nitrogen and oxygen atoms in total.